The van der Waals surface area contributed by atoms with E-state index >= 15 is 0 Å². The quantitative estimate of drug-likeness (QED) is 0.364. The first-order chi connectivity index (χ1) is 13.6. The molecule has 0 spiro atoms. The van der Waals surface area contributed by atoms with Crippen LogP contribution in [-0.4, -0.2) is 59.8 Å². The number of carbonyl (C=O) groups is 1. The predicted molar refractivity (Wildman–Crippen MR) is 124 cm³/mol. The van der Waals surface area contributed by atoms with Gasteiger partial charge in [-0.15, -0.1) is 24.0 Å². The summed E-state index contributed by atoms with van der Waals surface area (Å²) in [5.41, 5.74) is 2.83. The van der Waals surface area contributed by atoms with Crippen LogP contribution >= 0.6 is 24.0 Å². The van der Waals surface area contributed by atoms with Gasteiger partial charge in [0.05, 0.1) is 19.3 Å². The highest BCUT2D eigenvalue weighted by atomic mass is 127. The lowest BCUT2D eigenvalue weighted by Gasteiger charge is -2.34. The number of hydrogen-bond acceptors (Lipinski definition) is 4. The van der Waals surface area contributed by atoms with E-state index in [2.05, 4.69) is 25.6 Å². The molecule has 158 valence electrons. The van der Waals surface area contributed by atoms with Crippen molar-refractivity contribution in [2.24, 2.45) is 12.0 Å². The summed E-state index contributed by atoms with van der Waals surface area (Å²) in [5, 5.41) is 10.4. The van der Waals surface area contributed by atoms with Crippen molar-refractivity contribution in [2.45, 2.75) is 19.6 Å². The molecule has 1 saturated heterocycles. The second-order valence-electron chi connectivity index (χ2n) is 6.71. The van der Waals surface area contributed by atoms with E-state index in [0.717, 1.165) is 30.2 Å². The highest BCUT2D eigenvalue weighted by molar-refractivity contribution is 14.0. The zero-order chi connectivity index (χ0) is 19.9. The van der Waals surface area contributed by atoms with Crippen molar-refractivity contribution in [2.75, 3.05) is 33.3 Å². The number of nitrogens with one attached hydrogen (secondary N) is 2. The number of benzene rings is 1. The van der Waals surface area contributed by atoms with Crippen molar-refractivity contribution < 1.29 is 9.53 Å². The fraction of sp³-hybridized carbons (Fsp3) is 0.450. The lowest BCUT2D eigenvalue weighted by atomic mass is 10.1. The van der Waals surface area contributed by atoms with Gasteiger partial charge in [0.15, 0.2) is 5.96 Å². The van der Waals surface area contributed by atoms with E-state index in [1.807, 2.05) is 50.6 Å². The molecular formula is C20H29IN6O2. The van der Waals surface area contributed by atoms with Crippen LogP contribution in [0.15, 0.2) is 41.7 Å². The molecule has 1 unspecified atom stereocenters. The average Bonchev–Trinajstić information content (AvgIpc) is 3.16. The molecule has 0 saturated carbocycles. The van der Waals surface area contributed by atoms with Gasteiger partial charge in [-0.3, -0.25) is 14.5 Å². The van der Waals surface area contributed by atoms with Crippen molar-refractivity contribution in [3.8, 4) is 0 Å². The van der Waals surface area contributed by atoms with Crippen LogP contribution in [0.4, 0.5) is 0 Å². The maximum atomic E-state index is 11.9. The lowest BCUT2D eigenvalue weighted by molar-refractivity contribution is -0.00805. The van der Waals surface area contributed by atoms with Crippen LogP contribution in [0.2, 0.25) is 0 Å². The van der Waals surface area contributed by atoms with E-state index in [1.165, 1.54) is 0 Å². The molecule has 1 atom stereocenters. The third kappa shape index (κ3) is 6.17. The van der Waals surface area contributed by atoms with E-state index in [-0.39, 0.29) is 36.0 Å². The Morgan fingerprint density at radius 1 is 1.31 bits per heavy atom. The molecule has 0 radical (unpaired) electrons. The molecule has 8 nitrogen and oxygen atoms in total. The Morgan fingerprint density at radius 3 is 2.69 bits per heavy atom. The third-order valence-electron chi connectivity index (χ3n) is 4.68. The highest BCUT2D eigenvalue weighted by Gasteiger charge is 2.25. The van der Waals surface area contributed by atoms with Crippen LogP contribution < -0.4 is 10.6 Å². The predicted octanol–water partition coefficient (Wildman–Crippen LogP) is 1.94. The first-order valence-corrected chi connectivity index (χ1v) is 9.53. The fourth-order valence-electron chi connectivity index (χ4n) is 3.20. The van der Waals surface area contributed by atoms with Gasteiger partial charge < -0.3 is 20.3 Å². The van der Waals surface area contributed by atoms with Crippen molar-refractivity contribution in [3.05, 3.63) is 53.3 Å². The van der Waals surface area contributed by atoms with Gasteiger partial charge in [0.1, 0.15) is 6.10 Å². The number of hydrogen-bond donors (Lipinski definition) is 2. The van der Waals surface area contributed by atoms with Gasteiger partial charge in [-0.25, -0.2) is 0 Å². The zero-order valence-electron chi connectivity index (χ0n) is 17.1. The number of halogens is 1. The van der Waals surface area contributed by atoms with E-state index in [4.69, 9.17) is 4.74 Å². The third-order valence-corrected chi connectivity index (χ3v) is 4.68. The molecule has 1 aliphatic heterocycles. The second-order valence-corrected chi connectivity index (χ2v) is 6.71. The number of aryl methyl sites for hydroxylation is 1. The van der Waals surface area contributed by atoms with Crippen molar-refractivity contribution in [3.63, 3.8) is 0 Å². The Morgan fingerprint density at radius 2 is 2.07 bits per heavy atom. The summed E-state index contributed by atoms with van der Waals surface area (Å²) in [7, 11) is 3.69. The minimum atomic E-state index is -0.0485. The molecular weight excluding hydrogens is 483 g/mol. The average molecular weight is 512 g/mol. The first-order valence-electron chi connectivity index (χ1n) is 9.53. The number of amides is 1. The lowest BCUT2D eigenvalue weighted by Crippen LogP contribution is -2.47. The summed E-state index contributed by atoms with van der Waals surface area (Å²) in [6, 6.07) is 7.61. The molecule has 29 heavy (non-hydrogen) atoms. The number of ether oxygens (including phenoxy) is 1. The van der Waals surface area contributed by atoms with Gasteiger partial charge in [0, 0.05) is 51.1 Å². The van der Waals surface area contributed by atoms with Gasteiger partial charge >= 0.3 is 0 Å². The van der Waals surface area contributed by atoms with Crippen LogP contribution in [0.25, 0.3) is 0 Å². The summed E-state index contributed by atoms with van der Waals surface area (Å²) >= 11 is 0. The van der Waals surface area contributed by atoms with Crippen LogP contribution in [0.3, 0.4) is 0 Å². The molecule has 1 aliphatic rings. The maximum absolute atomic E-state index is 11.9. The van der Waals surface area contributed by atoms with E-state index in [9.17, 15) is 4.79 Å². The Labute approximate surface area is 188 Å². The molecule has 2 aromatic rings. The summed E-state index contributed by atoms with van der Waals surface area (Å²) in [4.78, 5) is 18.5. The standard InChI is InChI=1S/C20H28N6O2.HI/c1-4-22-19(27)16-7-5-15(6-8-16)11-23-20(21-2)26-9-10-28-18(14-26)17-12-24-25(3)13-17;/h5-8,12-13,18H,4,9-11,14H2,1-3H3,(H,21,23)(H,22,27);1H. The molecule has 0 bridgehead atoms. The molecule has 1 aromatic heterocycles. The van der Waals surface area contributed by atoms with Crippen LogP contribution in [-0.2, 0) is 18.3 Å². The van der Waals surface area contributed by atoms with Gasteiger partial charge in [-0.1, -0.05) is 12.1 Å². The summed E-state index contributed by atoms with van der Waals surface area (Å²) in [5.74, 6) is 0.789. The Bertz CT molecular complexity index is 821. The minimum Gasteiger partial charge on any atom is -0.370 e. The van der Waals surface area contributed by atoms with Crippen LogP contribution in [0.5, 0.6) is 0 Å². The monoisotopic (exact) mass is 512 g/mol. The molecule has 3 rings (SSSR count). The number of morpholine rings is 1. The van der Waals surface area contributed by atoms with Crippen molar-refractivity contribution >= 4 is 35.8 Å². The number of guanidine groups is 1. The van der Waals surface area contributed by atoms with Crippen LogP contribution in [0.1, 0.15) is 34.5 Å². The van der Waals surface area contributed by atoms with Gasteiger partial charge in [0.25, 0.3) is 5.91 Å². The minimum absolute atomic E-state index is 0. The Kier molecular flexibility index (Phi) is 8.90. The number of rotatable bonds is 5. The first kappa shape index (κ1) is 23.1. The summed E-state index contributed by atoms with van der Waals surface area (Å²) in [6.07, 6.45) is 3.82. The zero-order valence-corrected chi connectivity index (χ0v) is 19.4. The maximum Gasteiger partial charge on any atom is 0.251 e. The summed E-state index contributed by atoms with van der Waals surface area (Å²) < 4.78 is 7.69. The topological polar surface area (TPSA) is 83.8 Å². The van der Waals surface area contributed by atoms with E-state index < -0.39 is 0 Å². The molecule has 1 aromatic carbocycles. The molecule has 9 heteroatoms. The number of carbonyl (C=O) groups excluding carboxylic acids is 1. The summed E-state index contributed by atoms with van der Waals surface area (Å²) in [6.45, 7) is 5.32. The number of nitrogens with zero attached hydrogens (tertiary/aromatic N) is 4. The highest BCUT2D eigenvalue weighted by Crippen LogP contribution is 2.21. The molecule has 1 amide bonds. The number of aliphatic imine (C=N–C) groups is 1. The van der Waals surface area contributed by atoms with Gasteiger partial charge in [-0.05, 0) is 24.6 Å². The largest absolute Gasteiger partial charge is 0.370 e. The Hall–Kier alpha value is -2.14. The molecule has 2 heterocycles. The van der Waals surface area contributed by atoms with Gasteiger partial charge in [0.2, 0.25) is 0 Å². The SMILES string of the molecule is CCNC(=O)c1ccc(CNC(=NC)N2CCOC(c3cnn(C)c3)C2)cc1.I. The van der Waals surface area contributed by atoms with Crippen LogP contribution in [0, 0.1) is 0 Å². The fourth-order valence-corrected chi connectivity index (χ4v) is 3.20. The smallest absolute Gasteiger partial charge is 0.251 e. The molecule has 0 aliphatic carbocycles. The van der Waals surface area contributed by atoms with Gasteiger partial charge in [-0.2, -0.15) is 5.10 Å². The van der Waals surface area contributed by atoms with Crippen molar-refractivity contribution in [1.82, 2.24) is 25.3 Å². The van der Waals surface area contributed by atoms with Crippen molar-refractivity contribution in [1.29, 1.82) is 0 Å². The molecule has 2 N–H and O–H groups in total. The number of aromatic nitrogens is 2. The van der Waals surface area contributed by atoms with E-state index in [0.29, 0.717) is 25.3 Å². The second kappa shape index (κ2) is 11.1. The van der Waals surface area contributed by atoms with E-state index in [1.54, 1.807) is 11.7 Å². The normalized spacial score (nSPS) is 16.9. The Balaban J connectivity index is 0.00000300. The molecule has 1 fully saturated rings.